The van der Waals surface area contributed by atoms with Crippen LogP contribution in [0.1, 0.15) is 85.5 Å². The van der Waals surface area contributed by atoms with Crippen LogP contribution in [0.2, 0.25) is 0 Å². The highest BCUT2D eigenvalue weighted by Crippen LogP contribution is 2.23. The van der Waals surface area contributed by atoms with Crippen molar-refractivity contribution in [3.8, 4) is 0 Å². The number of rotatable bonds is 15. The molecule has 0 aliphatic carbocycles. The minimum Gasteiger partial charge on any atom is -0.481 e. The van der Waals surface area contributed by atoms with E-state index in [4.69, 9.17) is 4.74 Å². The van der Waals surface area contributed by atoms with Crippen LogP contribution in [-0.4, -0.2) is 24.3 Å². The lowest BCUT2D eigenvalue weighted by atomic mass is 9.89. The Hall–Kier alpha value is -0.570. The van der Waals surface area contributed by atoms with Crippen molar-refractivity contribution < 1.29 is 14.6 Å². The zero-order chi connectivity index (χ0) is 16.8. The number of hydrogen-bond acceptors (Lipinski definition) is 2. The second-order valence-electron chi connectivity index (χ2n) is 6.64. The van der Waals surface area contributed by atoms with Crippen LogP contribution < -0.4 is 0 Å². The van der Waals surface area contributed by atoms with Gasteiger partial charge in [-0.2, -0.15) is 0 Å². The Labute approximate surface area is 137 Å². The molecule has 0 aromatic heterocycles. The van der Waals surface area contributed by atoms with E-state index >= 15 is 0 Å². The second-order valence-corrected chi connectivity index (χ2v) is 6.64. The smallest absolute Gasteiger partial charge is 0.308 e. The average Bonchev–Trinajstić information content (AvgIpc) is 2.52. The summed E-state index contributed by atoms with van der Waals surface area (Å²) in [5, 5.41) is 9.43. The van der Waals surface area contributed by atoms with Crippen molar-refractivity contribution in [2.24, 2.45) is 17.8 Å². The van der Waals surface area contributed by atoms with E-state index < -0.39 is 5.97 Å². The standard InChI is InChI=1S/C19H38O3/c1-5-9-11-16(7-3)13-18(19(20)21)15-22-14-17(8-4)12-10-6-2/h16-18H,5-15H2,1-4H3,(H,20,21). The van der Waals surface area contributed by atoms with Crippen LogP contribution in [0.5, 0.6) is 0 Å². The van der Waals surface area contributed by atoms with Gasteiger partial charge in [-0.05, 0) is 24.7 Å². The number of ether oxygens (including phenoxy) is 1. The van der Waals surface area contributed by atoms with Crippen molar-refractivity contribution in [1.82, 2.24) is 0 Å². The summed E-state index contributed by atoms with van der Waals surface area (Å²) in [6.07, 6.45) is 10.1. The third-order valence-electron chi connectivity index (χ3n) is 4.73. The lowest BCUT2D eigenvalue weighted by Crippen LogP contribution is -2.24. The van der Waals surface area contributed by atoms with E-state index in [2.05, 4.69) is 27.7 Å². The molecule has 0 radical (unpaired) electrons. The van der Waals surface area contributed by atoms with Gasteiger partial charge in [0.25, 0.3) is 0 Å². The largest absolute Gasteiger partial charge is 0.481 e. The van der Waals surface area contributed by atoms with Crippen LogP contribution in [0.15, 0.2) is 0 Å². The Morgan fingerprint density at radius 3 is 1.91 bits per heavy atom. The first-order valence-electron chi connectivity index (χ1n) is 9.39. The quantitative estimate of drug-likeness (QED) is 0.432. The molecular weight excluding hydrogens is 276 g/mol. The summed E-state index contributed by atoms with van der Waals surface area (Å²) >= 11 is 0. The fraction of sp³-hybridized carbons (Fsp3) is 0.947. The van der Waals surface area contributed by atoms with Gasteiger partial charge in [0, 0.05) is 6.61 Å². The zero-order valence-electron chi connectivity index (χ0n) is 15.3. The molecule has 132 valence electrons. The topological polar surface area (TPSA) is 46.5 Å². The summed E-state index contributed by atoms with van der Waals surface area (Å²) in [5.41, 5.74) is 0. The van der Waals surface area contributed by atoms with E-state index in [1.165, 1.54) is 32.1 Å². The van der Waals surface area contributed by atoms with Crippen LogP contribution in [0, 0.1) is 17.8 Å². The van der Waals surface area contributed by atoms with Gasteiger partial charge in [-0.25, -0.2) is 0 Å². The molecule has 3 nitrogen and oxygen atoms in total. The van der Waals surface area contributed by atoms with E-state index in [1.54, 1.807) is 0 Å². The molecule has 0 aliphatic rings. The van der Waals surface area contributed by atoms with E-state index in [1.807, 2.05) is 0 Å². The fourth-order valence-corrected chi connectivity index (χ4v) is 2.90. The van der Waals surface area contributed by atoms with E-state index in [-0.39, 0.29) is 5.92 Å². The molecule has 0 spiro atoms. The van der Waals surface area contributed by atoms with Crippen molar-refractivity contribution >= 4 is 5.97 Å². The summed E-state index contributed by atoms with van der Waals surface area (Å²) < 4.78 is 5.78. The number of unbranched alkanes of at least 4 members (excludes halogenated alkanes) is 2. The van der Waals surface area contributed by atoms with E-state index in [0.29, 0.717) is 25.0 Å². The van der Waals surface area contributed by atoms with Crippen molar-refractivity contribution in [3.05, 3.63) is 0 Å². The van der Waals surface area contributed by atoms with Crippen molar-refractivity contribution in [2.75, 3.05) is 13.2 Å². The van der Waals surface area contributed by atoms with Gasteiger partial charge < -0.3 is 9.84 Å². The van der Waals surface area contributed by atoms with Crippen LogP contribution in [0.4, 0.5) is 0 Å². The normalized spacial score (nSPS) is 15.5. The summed E-state index contributed by atoms with van der Waals surface area (Å²) in [5.74, 6) is 0.0604. The van der Waals surface area contributed by atoms with Gasteiger partial charge in [-0.3, -0.25) is 4.79 Å². The molecule has 3 unspecified atom stereocenters. The first kappa shape index (κ1) is 21.4. The molecule has 1 N–H and O–H groups in total. The minimum atomic E-state index is -0.698. The molecule has 0 saturated heterocycles. The summed E-state index contributed by atoms with van der Waals surface area (Å²) in [6, 6.07) is 0. The Bertz CT molecular complexity index is 265. The van der Waals surface area contributed by atoms with Crippen molar-refractivity contribution in [2.45, 2.75) is 85.5 Å². The van der Waals surface area contributed by atoms with Gasteiger partial charge in [-0.15, -0.1) is 0 Å². The van der Waals surface area contributed by atoms with Crippen molar-refractivity contribution in [3.63, 3.8) is 0 Å². The summed E-state index contributed by atoms with van der Waals surface area (Å²) in [7, 11) is 0. The van der Waals surface area contributed by atoms with Gasteiger partial charge in [-0.1, -0.05) is 72.6 Å². The molecule has 0 rings (SSSR count). The molecule has 22 heavy (non-hydrogen) atoms. The fourth-order valence-electron chi connectivity index (χ4n) is 2.90. The number of carbonyl (C=O) groups is 1. The molecule has 0 saturated carbocycles. The molecule has 0 aromatic rings. The minimum absolute atomic E-state index is 0.342. The molecular formula is C19H38O3. The van der Waals surface area contributed by atoms with Gasteiger partial charge in [0.05, 0.1) is 12.5 Å². The van der Waals surface area contributed by atoms with Gasteiger partial charge in [0.1, 0.15) is 0 Å². The highest BCUT2D eigenvalue weighted by molar-refractivity contribution is 5.70. The first-order chi connectivity index (χ1) is 10.6. The molecule has 0 bridgehead atoms. The van der Waals surface area contributed by atoms with Crippen LogP contribution in [0.25, 0.3) is 0 Å². The molecule has 0 aromatic carbocycles. The summed E-state index contributed by atoms with van der Waals surface area (Å²) in [4.78, 5) is 11.5. The maximum Gasteiger partial charge on any atom is 0.308 e. The average molecular weight is 315 g/mol. The molecule has 3 atom stereocenters. The second kappa shape index (κ2) is 14.0. The lowest BCUT2D eigenvalue weighted by molar-refractivity contribution is -0.145. The third kappa shape index (κ3) is 10.2. The van der Waals surface area contributed by atoms with Crippen molar-refractivity contribution in [1.29, 1.82) is 0 Å². The Balaban J connectivity index is 4.19. The molecule has 0 heterocycles. The molecule has 0 amide bonds. The number of aliphatic carboxylic acids is 1. The highest BCUT2D eigenvalue weighted by atomic mass is 16.5. The highest BCUT2D eigenvalue weighted by Gasteiger charge is 2.22. The molecule has 0 aliphatic heterocycles. The Kier molecular flexibility index (Phi) is 13.7. The zero-order valence-corrected chi connectivity index (χ0v) is 15.3. The maximum absolute atomic E-state index is 11.5. The Morgan fingerprint density at radius 1 is 0.909 bits per heavy atom. The number of carboxylic acids is 1. The first-order valence-corrected chi connectivity index (χ1v) is 9.39. The van der Waals surface area contributed by atoms with Crippen LogP contribution in [0.3, 0.4) is 0 Å². The van der Waals surface area contributed by atoms with Gasteiger partial charge >= 0.3 is 5.97 Å². The van der Waals surface area contributed by atoms with Gasteiger partial charge in [0.15, 0.2) is 0 Å². The molecule has 0 fully saturated rings. The third-order valence-corrected chi connectivity index (χ3v) is 4.73. The predicted molar refractivity (Wildman–Crippen MR) is 93.2 cm³/mol. The van der Waals surface area contributed by atoms with Gasteiger partial charge in [0.2, 0.25) is 0 Å². The van der Waals surface area contributed by atoms with E-state index in [0.717, 1.165) is 25.7 Å². The van der Waals surface area contributed by atoms with Crippen LogP contribution >= 0.6 is 0 Å². The molecule has 3 heteroatoms. The van der Waals surface area contributed by atoms with Crippen LogP contribution in [-0.2, 0) is 9.53 Å². The summed E-state index contributed by atoms with van der Waals surface area (Å²) in [6.45, 7) is 9.84. The number of carboxylic acid groups (broad SMARTS) is 1. The Morgan fingerprint density at radius 2 is 1.45 bits per heavy atom. The predicted octanol–water partition coefficient (Wildman–Crippen LogP) is 5.53. The van der Waals surface area contributed by atoms with E-state index in [9.17, 15) is 9.90 Å². The maximum atomic E-state index is 11.5. The number of hydrogen-bond donors (Lipinski definition) is 1. The SMILES string of the molecule is CCCCC(CC)COCC(CC(CC)CCCC)C(=O)O. The lowest BCUT2D eigenvalue weighted by Gasteiger charge is -2.21. The monoisotopic (exact) mass is 314 g/mol.